The third kappa shape index (κ3) is 6.11. The quantitative estimate of drug-likeness (QED) is 0.160. The highest BCUT2D eigenvalue weighted by Crippen LogP contribution is 2.63. The molecule has 0 unspecified atom stereocenters. The van der Waals surface area contributed by atoms with Gasteiger partial charge in [0.1, 0.15) is 0 Å². The van der Waals surface area contributed by atoms with Gasteiger partial charge in [-0.15, -0.1) is 0 Å². The standard InChI is InChI=1S/C65H41N5/c1-3-19-42(20-4-1)61-63(68-59-35-15-13-33-57(59)66-61)44-23-17-25-46(39-44)70(47-26-18-24-45(40-47)64-62(43-21-5-2-6-22-43)67-58-34-14-16-36-60(58)69-64)48-37-38-52-51-29-9-12-32-55(51)65(56(52)41-48)53-30-10-7-27-49(53)50-28-8-11-31-54(50)65/h1-41H. The first-order valence-corrected chi connectivity index (χ1v) is 23.8. The average molecular weight is 892 g/mol. The van der Waals surface area contributed by atoms with E-state index in [9.17, 15) is 0 Å². The molecule has 0 aliphatic heterocycles. The molecule has 326 valence electrons. The fourth-order valence-corrected chi connectivity index (χ4v) is 11.3. The van der Waals surface area contributed by atoms with Crippen molar-refractivity contribution in [3.8, 4) is 67.3 Å². The highest BCUT2D eigenvalue weighted by atomic mass is 15.1. The predicted molar refractivity (Wildman–Crippen MR) is 285 cm³/mol. The maximum absolute atomic E-state index is 5.35. The molecular formula is C65H41N5. The SMILES string of the molecule is c1ccc(-c2nc3ccccc3nc2-c2cccc(N(c3cccc(-c4nc5ccccc5nc4-c4ccccc4)c3)c3ccc4c(c3)C3(c5ccccc5-c5ccccc53)c3ccccc3-4)c2)cc1. The molecule has 2 heterocycles. The lowest BCUT2D eigenvalue weighted by Gasteiger charge is -2.32. The summed E-state index contributed by atoms with van der Waals surface area (Å²) >= 11 is 0. The Kier molecular flexibility index (Phi) is 9.04. The summed E-state index contributed by atoms with van der Waals surface area (Å²) in [5, 5.41) is 0. The summed E-state index contributed by atoms with van der Waals surface area (Å²) in [4.78, 5) is 23.6. The fraction of sp³-hybridized carbons (Fsp3) is 0.0154. The second-order valence-electron chi connectivity index (χ2n) is 18.1. The van der Waals surface area contributed by atoms with E-state index in [2.05, 4.69) is 193 Å². The molecule has 0 fully saturated rings. The van der Waals surface area contributed by atoms with Crippen LogP contribution in [0, 0.1) is 0 Å². The Morgan fingerprint density at radius 3 is 1.00 bits per heavy atom. The zero-order valence-corrected chi connectivity index (χ0v) is 37.9. The second kappa shape index (κ2) is 15.9. The predicted octanol–water partition coefficient (Wildman–Crippen LogP) is 16.1. The molecule has 1 spiro atoms. The van der Waals surface area contributed by atoms with Crippen LogP contribution in [0.1, 0.15) is 22.3 Å². The zero-order valence-electron chi connectivity index (χ0n) is 37.9. The Labute approximate surface area is 405 Å². The van der Waals surface area contributed by atoms with Crippen LogP contribution in [0.5, 0.6) is 0 Å². The van der Waals surface area contributed by atoms with Crippen molar-refractivity contribution in [2.45, 2.75) is 5.41 Å². The van der Waals surface area contributed by atoms with Crippen LogP contribution < -0.4 is 4.90 Å². The number of nitrogens with zero attached hydrogens (tertiary/aromatic N) is 5. The molecule has 0 radical (unpaired) electrons. The van der Waals surface area contributed by atoms with Gasteiger partial charge in [-0.05, 0) is 105 Å². The number of hydrogen-bond acceptors (Lipinski definition) is 5. The first-order valence-electron chi connectivity index (χ1n) is 23.8. The molecule has 2 aliphatic carbocycles. The molecule has 0 amide bonds. The van der Waals surface area contributed by atoms with Crippen LogP contribution in [-0.4, -0.2) is 19.9 Å². The lowest BCUT2D eigenvalue weighted by molar-refractivity contribution is 0.793. The van der Waals surface area contributed by atoms with Crippen molar-refractivity contribution in [2.75, 3.05) is 4.90 Å². The zero-order chi connectivity index (χ0) is 46.2. The van der Waals surface area contributed by atoms with Gasteiger partial charge in [0, 0.05) is 39.3 Å². The molecular weight excluding hydrogens is 851 g/mol. The van der Waals surface area contributed by atoms with Gasteiger partial charge >= 0.3 is 0 Å². The number of fused-ring (bicyclic) bond motifs is 12. The van der Waals surface area contributed by atoms with Gasteiger partial charge < -0.3 is 4.90 Å². The molecule has 2 aliphatic rings. The minimum Gasteiger partial charge on any atom is -0.310 e. The van der Waals surface area contributed by atoms with Crippen molar-refractivity contribution in [1.82, 2.24) is 19.9 Å². The van der Waals surface area contributed by atoms with E-state index in [1.165, 1.54) is 44.5 Å². The molecule has 14 rings (SSSR count). The first kappa shape index (κ1) is 39.8. The van der Waals surface area contributed by atoms with Crippen molar-refractivity contribution < 1.29 is 0 Å². The van der Waals surface area contributed by atoms with Gasteiger partial charge in [0.2, 0.25) is 0 Å². The van der Waals surface area contributed by atoms with Crippen molar-refractivity contribution in [3.05, 3.63) is 271 Å². The van der Waals surface area contributed by atoms with Gasteiger partial charge in [-0.1, -0.05) is 188 Å². The van der Waals surface area contributed by atoms with Crippen LogP contribution in [0.4, 0.5) is 17.1 Å². The van der Waals surface area contributed by atoms with Crippen LogP contribution in [0.3, 0.4) is 0 Å². The molecule has 0 atom stereocenters. The van der Waals surface area contributed by atoms with Crippen LogP contribution in [-0.2, 0) is 5.41 Å². The van der Waals surface area contributed by atoms with E-state index in [1.807, 2.05) is 60.7 Å². The van der Waals surface area contributed by atoms with Gasteiger partial charge in [0.25, 0.3) is 0 Å². The van der Waals surface area contributed by atoms with Crippen molar-refractivity contribution in [3.63, 3.8) is 0 Å². The van der Waals surface area contributed by atoms with Gasteiger partial charge in [-0.3, -0.25) is 0 Å². The minimum absolute atomic E-state index is 0.513. The highest BCUT2D eigenvalue weighted by molar-refractivity contribution is 5.97. The van der Waals surface area contributed by atoms with E-state index < -0.39 is 5.41 Å². The van der Waals surface area contributed by atoms with Crippen LogP contribution in [0.15, 0.2) is 249 Å². The van der Waals surface area contributed by atoms with Crippen LogP contribution in [0.25, 0.3) is 89.4 Å². The van der Waals surface area contributed by atoms with Gasteiger partial charge in [-0.2, -0.15) is 0 Å². The number of benzene rings is 10. The second-order valence-corrected chi connectivity index (χ2v) is 18.1. The van der Waals surface area contributed by atoms with Crippen molar-refractivity contribution in [1.29, 1.82) is 0 Å². The van der Waals surface area contributed by atoms with E-state index in [0.29, 0.717) is 0 Å². The normalized spacial score (nSPS) is 12.7. The molecule has 70 heavy (non-hydrogen) atoms. The van der Waals surface area contributed by atoms with E-state index >= 15 is 0 Å². The fourth-order valence-electron chi connectivity index (χ4n) is 11.3. The Bertz CT molecular complexity index is 3800. The monoisotopic (exact) mass is 891 g/mol. The maximum atomic E-state index is 5.35. The van der Waals surface area contributed by atoms with Gasteiger partial charge in [-0.25, -0.2) is 19.9 Å². The number of aromatic nitrogens is 4. The Morgan fingerprint density at radius 1 is 0.243 bits per heavy atom. The third-order valence-electron chi connectivity index (χ3n) is 14.2. The molecule has 5 heteroatoms. The summed E-state index contributed by atoms with van der Waals surface area (Å²) in [7, 11) is 0. The Balaban J connectivity index is 1.02. The summed E-state index contributed by atoms with van der Waals surface area (Å²) in [6.45, 7) is 0. The van der Waals surface area contributed by atoms with Gasteiger partial charge in [0.05, 0.1) is 50.3 Å². The van der Waals surface area contributed by atoms with Crippen LogP contribution >= 0.6 is 0 Å². The summed E-state index contributed by atoms with van der Waals surface area (Å²) in [6.07, 6.45) is 0. The lowest BCUT2D eigenvalue weighted by Crippen LogP contribution is -2.26. The third-order valence-corrected chi connectivity index (χ3v) is 14.2. The summed E-state index contributed by atoms with van der Waals surface area (Å²) < 4.78 is 0. The Morgan fingerprint density at radius 2 is 0.571 bits per heavy atom. The molecule has 0 N–H and O–H groups in total. The van der Waals surface area contributed by atoms with Crippen molar-refractivity contribution >= 4 is 39.1 Å². The Hall–Kier alpha value is -9.32. The summed E-state index contributed by atoms with van der Waals surface area (Å²) in [5.74, 6) is 0. The number of anilines is 3. The van der Waals surface area contributed by atoms with E-state index in [-0.39, 0.29) is 0 Å². The van der Waals surface area contributed by atoms with E-state index in [1.54, 1.807) is 0 Å². The van der Waals surface area contributed by atoms with Crippen molar-refractivity contribution in [2.24, 2.45) is 0 Å². The minimum atomic E-state index is -0.513. The topological polar surface area (TPSA) is 54.8 Å². The average Bonchev–Trinajstić information content (AvgIpc) is 3.91. The van der Waals surface area contributed by atoms with E-state index in [4.69, 9.17) is 19.9 Å². The summed E-state index contributed by atoms with van der Waals surface area (Å²) in [6, 6.07) is 88.6. The summed E-state index contributed by atoms with van der Waals surface area (Å²) in [5.41, 5.74) is 23.4. The largest absolute Gasteiger partial charge is 0.310 e. The number of hydrogen-bond donors (Lipinski definition) is 0. The molecule has 0 saturated carbocycles. The molecule has 0 bridgehead atoms. The number of rotatable bonds is 7. The number of para-hydroxylation sites is 4. The molecule has 2 aromatic heterocycles. The van der Waals surface area contributed by atoms with E-state index in [0.717, 1.165) is 84.2 Å². The molecule has 10 aromatic carbocycles. The van der Waals surface area contributed by atoms with Crippen LogP contribution in [0.2, 0.25) is 0 Å². The smallest absolute Gasteiger partial charge is 0.0973 e. The van der Waals surface area contributed by atoms with Gasteiger partial charge in [0.15, 0.2) is 0 Å². The first-order chi connectivity index (χ1) is 34.7. The highest BCUT2D eigenvalue weighted by Gasteiger charge is 2.51. The molecule has 5 nitrogen and oxygen atoms in total. The lowest BCUT2D eigenvalue weighted by atomic mass is 9.70. The maximum Gasteiger partial charge on any atom is 0.0973 e. The molecule has 0 saturated heterocycles. The molecule has 12 aromatic rings.